The fourth-order valence-corrected chi connectivity index (χ4v) is 2.21. The van der Waals surface area contributed by atoms with Crippen LogP contribution in [0.15, 0.2) is 34.4 Å². The third-order valence-corrected chi connectivity index (χ3v) is 3.27. The van der Waals surface area contributed by atoms with E-state index in [9.17, 15) is 0 Å². The standard InChI is InChI=1S/C15H21N3O2/c1-10(2)13-15(20-4)17-12(14(18-13)19-3)9-11-7-5-6-8-16-11/h5-8,10,12-13H,9H2,1-4H3/t12-,13+/m1/s1. The van der Waals surface area contributed by atoms with Gasteiger partial charge in [-0.1, -0.05) is 19.9 Å². The van der Waals surface area contributed by atoms with Gasteiger partial charge in [-0.05, 0) is 18.1 Å². The van der Waals surface area contributed by atoms with Crippen molar-refractivity contribution in [2.75, 3.05) is 14.2 Å². The van der Waals surface area contributed by atoms with Crippen molar-refractivity contribution in [3.05, 3.63) is 30.1 Å². The van der Waals surface area contributed by atoms with Crippen molar-refractivity contribution < 1.29 is 9.47 Å². The molecular weight excluding hydrogens is 254 g/mol. The second kappa shape index (κ2) is 6.50. The van der Waals surface area contributed by atoms with Crippen LogP contribution in [0.2, 0.25) is 0 Å². The quantitative estimate of drug-likeness (QED) is 0.849. The zero-order valence-electron chi connectivity index (χ0n) is 12.4. The molecule has 5 heteroatoms. The van der Waals surface area contributed by atoms with Crippen LogP contribution in [-0.2, 0) is 15.9 Å². The fourth-order valence-electron chi connectivity index (χ4n) is 2.21. The molecule has 2 heterocycles. The van der Waals surface area contributed by atoms with Gasteiger partial charge in [-0.3, -0.25) is 4.98 Å². The van der Waals surface area contributed by atoms with Gasteiger partial charge in [-0.2, -0.15) is 0 Å². The van der Waals surface area contributed by atoms with Gasteiger partial charge in [-0.15, -0.1) is 0 Å². The summed E-state index contributed by atoms with van der Waals surface area (Å²) < 4.78 is 10.8. The molecule has 1 aromatic rings. The average molecular weight is 275 g/mol. The van der Waals surface area contributed by atoms with Crippen LogP contribution in [0.4, 0.5) is 0 Å². The van der Waals surface area contributed by atoms with Crippen LogP contribution >= 0.6 is 0 Å². The van der Waals surface area contributed by atoms with E-state index in [1.165, 1.54) is 0 Å². The van der Waals surface area contributed by atoms with Gasteiger partial charge in [0.05, 0.1) is 14.2 Å². The molecule has 0 unspecified atom stereocenters. The Morgan fingerprint density at radius 1 is 1.10 bits per heavy atom. The van der Waals surface area contributed by atoms with E-state index in [1.54, 1.807) is 20.4 Å². The minimum atomic E-state index is -0.167. The first-order chi connectivity index (χ1) is 9.65. The van der Waals surface area contributed by atoms with Crippen LogP contribution in [0.5, 0.6) is 0 Å². The smallest absolute Gasteiger partial charge is 0.209 e. The largest absolute Gasteiger partial charge is 0.483 e. The Morgan fingerprint density at radius 3 is 2.40 bits per heavy atom. The Morgan fingerprint density at radius 2 is 1.85 bits per heavy atom. The zero-order chi connectivity index (χ0) is 14.5. The van der Waals surface area contributed by atoms with Crippen molar-refractivity contribution in [2.24, 2.45) is 15.9 Å². The molecule has 2 atom stereocenters. The molecule has 108 valence electrons. The Balaban J connectivity index is 2.23. The zero-order valence-corrected chi connectivity index (χ0v) is 12.4. The SMILES string of the molecule is COC1=N[C@H](Cc2ccccn2)C(OC)=N[C@H]1C(C)C. The van der Waals surface area contributed by atoms with Crippen molar-refractivity contribution in [1.29, 1.82) is 0 Å². The van der Waals surface area contributed by atoms with E-state index in [-0.39, 0.29) is 12.1 Å². The first kappa shape index (κ1) is 14.5. The monoisotopic (exact) mass is 275 g/mol. The molecule has 2 rings (SSSR count). The Hall–Kier alpha value is -1.91. The molecule has 0 fully saturated rings. The van der Waals surface area contributed by atoms with Gasteiger partial charge >= 0.3 is 0 Å². The number of hydrogen-bond acceptors (Lipinski definition) is 5. The van der Waals surface area contributed by atoms with Crippen LogP contribution in [0.3, 0.4) is 0 Å². The highest BCUT2D eigenvalue weighted by atomic mass is 16.5. The third-order valence-electron chi connectivity index (χ3n) is 3.27. The highest BCUT2D eigenvalue weighted by molar-refractivity contribution is 5.94. The Kier molecular flexibility index (Phi) is 4.71. The molecule has 0 aromatic carbocycles. The van der Waals surface area contributed by atoms with Gasteiger partial charge in [-0.25, -0.2) is 9.98 Å². The topological polar surface area (TPSA) is 56.1 Å². The predicted octanol–water partition coefficient (Wildman–Crippen LogP) is 2.12. The molecule has 0 saturated heterocycles. The van der Waals surface area contributed by atoms with Gasteiger partial charge < -0.3 is 9.47 Å². The molecule has 0 aliphatic carbocycles. The molecule has 0 bridgehead atoms. The molecular formula is C15H21N3O2. The third kappa shape index (κ3) is 3.15. The lowest BCUT2D eigenvalue weighted by molar-refractivity contribution is 0.332. The van der Waals surface area contributed by atoms with Gasteiger partial charge in [0.2, 0.25) is 11.8 Å². The maximum atomic E-state index is 5.41. The van der Waals surface area contributed by atoms with Gasteiger partial charge in [0.25, 0.3) is 0 Å². The maximum absolute atomic E-state index is 5.41. The highest BCUT2D eigenvalue weighted by Gasteiger charge is 2.31. The number of hydrogen-bond donors (Lipinski definition) is 0. The van der Waals surface area contributed by atoms with Crippen LogP contribution in [-0.4, -0.2) is 43.1 Å². The summed E-state index contributed by atoms with van der Waals surface area (Å²) in [5.74, 6) is 1.63. The minimum Gasteiger partial charge on any atom is -0.483 e. The molecule has 0 N–H and O–H groups in total. The van der Waals surface area contributed by atoms with Gasteiger partial charge in [0, 0.05) is 18.3 Å². The first-order valence-electron chi connectivity index (χ1n) is 6.79. The summed E-state index contributed by atoms with van der Waals surface area (Å²) in [6.45, 7) is 4.18. The molecule has 0 spiro atoms. The van der Waals surface area contributed by atoms with E-state index < -0.39 is 0 Å². The van der Waals surface area contributed by atoms with Crippen molar-refractivity contribution >= 4 is 11.8 Å². The molecule has 1 aliphatic heterocycles. The lowest BCUT2D eigenvalue weighted by Gasteiger charge is -2.26. The average Bonchev–Trinajstić information content (AvgIpc) is 2.47. The summed E-state index contributed by atoms with van der Waals surface area (Å²) in [6.07, 6.45) is 2.44. The lowest BCUT2D eigenvalue weighted by atomic mass is 10.0. The predicted molar refractivity (Wildman–Crippen MR) is 79.2 cm³/mol. The number of aromatic nitrogens is 1. The molecule has 1 aromatic heterocycles. The van der Waals surface area contributed by atoms with Crippen LogP contribution in [0, 0.1) is 5.92 Å². The number of aliphatic imine (C=N–C) groups is 2. The second-order valence-corrected chi connectivity index (χ2v) is 5.07. The normalized spacial score (nSPS) is 22.2. The van der Waals surface area contributed by atoms with Crippen molar-refractivity contribution in [2.45, 2.75) is 32.4 Å². The Bertz CT molecular complexity index is 497. The molecule has 0 amide bonds. The van der Waals surface area contributed by atoms with Gasteiger partial charge in [0.15, 0.2) is 0 Å². The van der Waals surface area contributed by atoms with Crippen LogP contribution in [0.25, 0.3) is 0 Å². The Labute approximate surface area is 119 Å². The lowest BCUT2D eigenvalue weighted by Crippen LogP contribution is -2.38. The summed E-state index contributed by atoms with van der Waals surface area (Å²) in [5, 5.41) is 0. The van der Waals surface area contributed by atoms with Crippen LogP contribution in [0.1, 0.15) is 19.5 Å². The summed E-state index contributed by atoms with van der Waals surface area (Å²) in [6, 6.07) is 5.60. The summed E-state index contributed by atoms with van der Waals surface area (Å²) in [7, 11) is 3.27. The van der Waals surface area contributed by atoms with Crippen molar-refractivity contribution in [3.63, 3.8) is 0 Å². The van der Waals surface area contributed by atoms with E-state index in [2.05, 4.69) is 28.8 Å². The van der Waals surface area contributed by atoms with E-state index in [0.29, 0.717) is 24.1 Å². The highest BCUT2D eigenvalue weighted by Crippen LogP contribution is 2.19. The van der Waals surface area contributed by atoms with Crippen LogP contribution < -0.4 is 0 Å². The van der Waals surface area contributed by atoms with Gasteiger partial charge in [0.1, 0.15) is 12.1 Å². The van der Waals surface area contributed by atoms with E-state index in [4.69, 9.17) is 9.47 Å². The van der Waals surface area contributed by atoms with E-state index in [0.717, 1.165) is 5.69 Å². The molecule has 0 saturated carbocycles. The molecule has 1 aliphatic rings. The summed E-state index contributed by atoms with van der Waals surface area (Å²) in [4.78, 5) is 13.6. The number of rotatable bonds is 3. The molecule has 0 radical (unpaired) electrons. The first-order valence-corrected chi connectivity index (χ1v) is 6.79. The number of methoxy groups -OCH3 is 2. The molecule has 5 nitrogen and oxygen atoms in total. The van der Waals surface area contributed by atoms with Crippen molar-refractivity contribution in [3.8, 4) is 0 Å². The summed E-state index contributed by atoms with van der Waals surface area (Å²) in [5.41, 5.74) is 0.962. The van der Waals surface area contributed by atoms with Crippen molar-refractivity contribution in [1.82, 2.24) is 4.98 Å². The number of pyridine rings is 1. The number of ether oxygens (including phenoxy) is 2. The fraction of sp³-hybridized carbons (Fsp3) is 0.533. The second-order valence-electron chi connectivity index (χ2n) is 5.07. The number of nitrogens with zero attached hydrogens (tertiary/aromatic N) is 3. The van der Waals surface area contributed by atoms with E-state index in [1.807, 2.05) is 18.2 Å². The summed E-state index contributed by atoms with van der Waals surface area (Å²) >= 11 is 0. The molecule has 20 heavy (non-hydrogen) atoms. The minimum absolute atomic E-state index is 0.0741. The van der Waals surface area contributed by atoms with E-state index >= 15 is 0 Å². The maximum Gasteiger partial charge on any atom is 0.209 e.